The molecule has 0 radical (unpaired) electrons. The standard InChI is InChI=1S/C61H97NO13/c1-15-59(10,11)57(68)73-49-34-29-47(30-35-49)37-44(7)51(72-39-63)38-48(64)31-27-43(6)53(74-58(69)60(12,13)40(2)3)54(71-14)52(65)42(5)24-20-18-16-17-19-23-41(4)26-32-50-33-28-45(8)61(70,75-50)55(66)56(67)62-36-22-21-25-46(62)9/h16-19,23,27,39-40,42,44-47,49-51,53-54,70H,15,20-22,24-26,28-38H2,1-14H3/b18-16+,19-17+,41-23+,43-27+/t42?,44-,45?,46?,47?,49?,50?,51+,53?,54+,61?/m1/s1. The van der Waals surface area contributed by atoms with Crippen LogP contribution < -0.4 is 0 Å². The van der Waals surface area contributed by atoms with Gasteiger partial charge in [0, 0.05) is 44.4 Å². The Kier molecular flexibility index (Phi) is 26.5. The first-order valence-electron chi connectivity index (χ1n) is 28.2. The lowest BCUT2D eigenvalue weighted by Gasteiger charge is -2.42. The fraction of sp³-hybridized carbons (Fsp3) is 0.754. The maximum atomic E-state index is 14.1. The van der Waals surface area contributed by atoms with Crippen LogP contribution in [0.1, 0.15) is 199 Å². The SMILES string of the molecule is CCC(C)(C)C(=O)OC1CCC(C[C@@H](C)[C@H](CC(=O)C/C=C(\C)C(OC(=O)C(C)(C)C(C)C)[C@@H](OC)C(=O)C(C)CC/C=C/C=C/C=C(\C)CCC2CCC(C)C(O)(C(=O)C(=O)N3CCCCC3C)O2)OC=O)CC1. The highest BCUT2D eigenvalue weighted by Gasteiger charge is 2.52. The molecule has 14 heteroatoms. The molecule has 0 spiro atoms. The smallest absolute Gasteiger partial charge is 0.312 e. The number of ether oxygens (including phenoxy) is 5. The molecule has 0 aromatic rings. The summed E-state index contributed by atoms with van der Waals surface area (Å²) in [5, 5.41) is 11.4. The number of nitrogens with zero attached hydrogens (tertiary/aromatic N) is 1. The Labute approximate surface area is 450 Å². The van der Waals surface area contributed by atoms with Gasteiger partial charge in [0.1, 0.15) is 18.0 Å². The first-order valence-corrected chi connectivity index (χ1v) is 28.2. The zero-order valence-corrected chi connectivity index (χ0v) is 48.4. The molecule has 1 amide bonds. The Bertz CT molecular complexity index is 2020. The van der Waals surface area contributed by atoms with Gasteiger partial charge >= 0.3 is 11.9 Å². The average Bonchev–Trinajstić information content (AvgIpc) is 3.37. The number of rotatable bonds is 30. The summed E-state index contributed by atoms with van der Waals surface area (Å²) in [7, 11) is 1.42. The van der Waals surface area contributed by atoms with Crippen LogP contribution in [0.4, 0.5) is 0 Å². The Morgan fingerprint density at radius 2 is 1.55 bits per heavy atom. The first-order chi connectivity index (χ1) is 35.2. The Morgan fingerprint density at radius 1 is 0.867 bits per heavy atom. The van der Waals surface area contributed by atoms with E-state index in [0.29, 0.717) is 69.5 Å². The third-order valence-electron chi connectivity index (χ3n) is 17.0. The summed E-state index contributed by atoms with van der Waals surface area (Å²) >= 11 is 0. The number of piperidine rings is 1. The number of esters is 2. The molecule has 0 aromatic carbocycles. The molecular weight excluding hydrogens is 955 g/mol. The molecule has 1 N–H and O–H groups in total. The van der Waals surface area contributed by atoms with Gasteiger partial charge in [-0.3, -0.25) is 33.6 Å². The van der Waals surface area contributed by atoms with Crippen LogP contribution in [-0.4, -0.2) is 108 Å². The van der Waals surface area contributed by atoms with Crippen molar-refractivity contribution in [2.75, 3.05) is 13.7 Å². The number of likely N-dealkylation sites (tertiary alicyclic amines) is 1. The van der Waals surface area contributed by atoms with Crippen molar-refractivity contribution in [1.82, 2.24) is 4.90 Å². The van der Waals surface area contributed by atoms with Gasteiger partial charge in [-0.05, 0) is 168 Å². The van der Waals surface area contributed by atoms with E-state index in [9.17, 15) is 38.7 Å². The van der Waals surface area contributed by atoms with Gasteiger partial charge in [0.15, 0.2) is 18.0 Å². The minimum atomic E-state index is -2.13. The molecule has 1 saturated carbocycles. The molecule has 3 rings (SSSR count). The van der Waals surface area contributed by atoms with Crippen molar-refractivity contribution in [2.45, 2.75) is 242 Å². The van der Waals surface area contributed by atoms with Gasteiger partial charge in [-0.1, -0.05) is 83.6 Å². The van der Waals surface area contributed by atoms with E-state index in [0.717, 1.165) is 56.9 Å². The van der Waals surface area contributed by atoms with Crippen molar-refractivity contribution in [2.24, 2.45) is 40.4 Å². The van der Waals surface area contributed by atoms with Crippen LogP contribution in [0.5, 0.6) is 0 Å². The summed E-state index contributed by atoms with van der Waals surface area (Å²) < 4.78 is 29.3. The van der Waals surface area contributed by atoms with E-state index in [-0.39, 0.29) is 60.5 Å². The Hall–Kier alpha value is -4.27. The Balaban J connectivity index is 1.58. The zero-order chi connectivity index (χ0) is 56.3. The van der Waals surface area contributed by atoms with Crippen LogP contribution in [0.2, 0.25) is 0 Å². The fourth-order valence-electron chi connectivity index (χ4n) is 9.98. The summed E-state index contributed by atoms with van der Waals surface area (Å²) in [6.45, 7) is 25.4. The average molecular weight is 1050 g/mol. The Morgan fingerprint density at radius 3 is 2.16 bits per heavy atom. The molecule has 2 aliphatic heterocycles. The lowest BCUT2D eigenvalue weighted by atomic mass is 9.80. The maximum Gasteiger partial charge on any atom is 0.312 e. The second kappa shape index (κ2) is 30.6. The molecule has 3 fully saturated rings. The van der Waals surface area contributed by atoms with Crippen LogP contribution in [-0.2, 0) is 57.2 Å². The lowest BCUT2D eigenvalue weighted by Crippen LogP contribution is -2.59. The first kappa shape index (κ1) is 65.0. The van der Waals surface area contributed by atoms with Crippen LogP contribution in [0.15, 0.2) is 47.6 Å². The molecule has 2 saturated heterocycles. The number of allylic oxidation sites excluding steroid dienone is 7. The summed E-state index contributed by atoms with van der Waals surface area (Å²) in [4.78, 5) is 93.8. The highest BCUT2D eigenvalue weighted by molar-refractivity contribution is 6.38. The summed E-state index contributed by atoms with van der Waals surface area (Å²) in [6.07, 6.45) is 19.2. The van der Waals surface area contributed by atoms with Crippen molar-refractivity contribution in [3.8, 4) is 0 Å². The minimum Gasteiger partial charge on any atom is -0.464 e. The van der Waals surface area contributed by atoms with Gasteiger partial charge in [-0.25, -0.2) is 0 Å². The normalized spacial score (nSPS) is 25.3. The van der Waals surface area contributed by atoms with Gasteiger partial charge < -0.3 is 33.7 Å². The number of aliphatic hydroxyl groups is 1. The van der Waals surface area contributed by atoms with Gasteiger partial charge in [-0.15, -0.1) is 0 Å². The monoisotopic (exact) mass is 1050 g/mol. The van der Waals surface area contributed by atoms with Crippen molar-refractivity contribution >= 4 is 41.7 Å². The number of methoxy groups -OCH3 is 1. The second-order valence-corrected chi connectivity index (χ2v) is 23.9. The van der Waals surface area contributed by atoms with Crippen molar-refractivity contribution in [1.29, 1.82) is 0 Å². The molecule has 9 atom stereocenters. The second-order valence-electron chi connectivity index (χ2n) is 23.9. The van der Waals surface area contributed by atoms with Crippen molar-refractivity contribution < 1.29 is 62.4 Å². The topological polar surface area (TPSA) is 189 Å². The molecular formula is C61H97NO13. The van der Waals surface area contributed by atoms with Crippen LogP contribution in [0.3, 0.4) is 0 Å². The van der Waals surface area contributed by atoms with Gasteiger partial charge in [-0.2, -0.15) is 0 Å². The van der Waals surface area contributed by atoms with Gasteiger partial charge in [0.25, 0.3) is 18.2 Å². The number of carbonyl (C=O) groups is 7. The number of amides is 1. The number of hydrogen-bond acceptors (Lipinski definition) is 13. The predicted molar refractivity (Wildman–Crippen MR) is 291 cm³/mol. The van der Waals surface area contributed by atoms with Crippen LogP contribution >= 0.6 is 0 Å². The van der Waals surface area contributed by atoms with E-state index >= 15 is 0 Å². The van der Waals surface area contributed by atoms with Gasteiger partial charge in [0.05, 0.1) is 16.9 Å². The minimum absolute atomic E-state index is 0.00470. The third kappa shape index (κ3) is 19.3. The number of ketones is 3. The third-order valence-corrected chi connectivity index (χ3v) is 17.0. The molecule has 75 heavy (non-hydrogen) atoms. The molecule has 2 heterocycles. The van der Waals surface area contributed by atoms with E-state index in [4.69, 9.17) is 23.7 Å². The van der Waals surface area contributed by atoms with Crippen LogP contribution in [0.25, 0.3) is 0 Å². The predicted octanol–water partition coefficient (Wildman–Crippen LogP) is 11.3. The fourth-order valence-corrected chi connectivity index (χ4v) is 9.98. The number of Topliss-reactive ketones (excluding diaryl/α,β-unsaturated/α-hetero) is 3. The van der Waals surface area contributed by atoms with Crippen LogP contribution in [0, 0.1) is 40.4 Å². The molecule has 0 aromatic heterocycles. The summed E-state index contributed by atoms with van der Waals surface area (Å²) in [5.74, 6) is -5.45. The molecule has 6 unspecified atom stereocenters. The molecule has 14 nitrogen and oxygen atoms in total. The zero-order valence-electron chi connectivity index (χ0n) is 48.4. The van der Waals surface area contributed by atoms with E-state index in [1.165, 1.54) is 7.11 Å². The maximum absolute atomic E-state index is 14.1. The quantitative estimate of drug-likeness (QED) is 0.0179. The molecule has 0 bridgehead atoms. The number of carbonyl (C=O) groups excluding carboxylic acids is 7. The van der Waals surface area contributed by atoms with E-state index in [2.05, 4.69) is 0 Å². The molecule has 3 aliphatic rings. The number of hydrogen-bond donors (Lipinski definition) is 1. The van der Waals surface area contributed by atoms with Crippen molar-refractivity contribution in [3.63, 3.8) is 0 Å². The highest BCUT2D eigenvalue weighted by atomic mass is 16.6. The largest absolute Gasteiger partial charge is 0.464 e. The van der Waals surface area contributed by atoms with E-state index in [1.54, 1.807) is 38.7 Å². The molecule has 424 valence electrons. The van der Waals surface area contributed by atoms with Gasteiger partial charge in [0.2, 0.25) is 5.79 Å². The lowest BCUT2D eigenvalue weighted by molar-refractivity contribution is -0.263. The highest BCUT2D eigenvalue weighted by Crippen LogP contribution is 2.37. The molecule has 1 aliphatic carbocycles. The van der Waals surface area contributed by atoms with E-state index in [1.807, 2.05) is 92.7 Å². The summed E-state index contributed by atoms with van der Waals surface area (Å²) in [5.41, 5.74) is 0.204. The van der Waals surface area contributed by atoms with Crippen molar-refractivity contribution in [3.05, 3.63) is 47.6 Å². The van der Waals surface area contributed by atoms with E-state index < -0.39 is 64.4 Å². The summed E-state index contributed by atoms with van der Waals surface area (Å²) in [6, 6.07) is -0.0434.